The monoisotopic (exact) mass is 337 g/mol. The highest BCUT2D eigenvalue weighted by molar-refractivity contribution is 5.74. The number of carbonyl (C=O) groups excluding carboxylic acids is 1. The zero-order valence-corrected chi connectivity index (χ0v) is 12.4. The van der Waals surface area contributed by atoms with Gasteiger partial charge in [0, 0.05) is 17.7 Å². The van der Waals surface area contributed by atoms with Crippen LogP contribution < -0.4 is 26.3 Å². The maximum absolute atomic E-state index is 10.5. The average Bonchev–Trinajstić information content (AvgIpc) is 2.47. The van der Waals surface area contributed by atoms with Crippen molar-refractivity contribution in [2.75, 3.05) is 6.61 Å². The van der Waals surface area contributed by atoms with E-state index in [0.717, 1.165) is 6.29 Å². The summed E-state index contributed by atoms with van der Waals surface area (Å²) in [6.45, 7) is 0.690. The molecule has 1 unspecified atom stereocenters. The van der Waals surface area contributed by atoms with Crippen molar-refractivity contribution in [1.82, 2.24) is 0 Å². The van der Waals surface area contributed by atoms with Gasteiger partial charge in [-0.2, -0.15) is 0 Å². The summed E-state index contributed by atoms with van der Waals surface area (Å²) in [6.07, 6.45) is 3.98. The highest BCUT2D eigenvalue weighted by Gasteiger charge is 2.11. The Kier molecular flexibility index (Phi) is 6.90. The normalized spacial score (nSPS) is 11.2. The molecule has 2 aromatic rings. The van der Waals surface area contributed by atoms with E-state index in [4.69, 9.17) is 4.74 Å². The molecule has 1 aromatic carbocycles. The van der Waals surface area contributed by atoms with Gasteiger partial charge in [0.1, 0.15) is 24.7 Å². The third-order valence-electron chi connectivity index (χ3n) is 2.66. The Morgan fingerprint density at radius 3 is 2.40 bits per heavy atom. The fourth-order valence-electron chi connectivity index (χ4n) is 1.69. The summed E-state index contributed by atoms with van der Waals surface area (Å²) in [4.78, 5) is 10.5. The summed E-state index contributed by atoms with van der Waals surface area (Å²) in [7, 11) is 0. The van der Waals surface area contributed by atoms with E-state index in [1.807, 2.05) is 35.2 Å². The van der Waals surface area contributed by atoms with Crippen molar-refractivity contribution >= 4 is 6.29 Å². The number of rotatable bonds is 6. The summed E-state index contributed by atoms with van der Waals surface area (Å²) in [6, 6.07) is 12.5. The number of aldehydes is 1. The van der Waals surface area contributed by atoms with Gasteiger partial charge in [-0.1, -0.05) is 6.07 Å². The van der Waals surface area contributed by atoms with Crippen LogP contribution >= 0.6 is 0 Å². The molecule has 0 amide bonds. The third-order valence-corrected chi connectivity index (χ3v) is 2.66. The highest BCUT2D eigenvalue weighted by atomic mass is 79.9. The molecule has 1 aromatic heterocycles. The number of aromatic nitrogens is 1. The zero-order chi connectivity index (χ0) is 13.5. The van der Waals surface area contributed by atoms with Crippen LogP contribution in [-0.4, -0.2) is 24.1 Å². The van der Waals surface area contributed by atoms with Crippen LogP contribution in [0.1, 0.15) is 10.4 Å². The zero-order valence-electron chi connectivity index (χ0n) is 10.9. The van der Waals surface area contributed by atoms with Crippen LogP contribution in [0, 0.1) is 0 Å². The Morgan fingerprint density at radius 1 is 1.15 bits per heavy atom. The number of aliphatic hydroxyl groups is 1. The van der Waals surface area contributed by atoms with Crippen LogP contribution in [0.5, 0.6) is 5.75 Å². The molecule has 5 heteroatoms. The molecule has 0 aliphatic carbocycles. The van der Waals surface area contributed by atoms with Gasteiger partial charge in [-0.3, -0.25) is 4.79 Å². The lowest BCUT2D eigenvalue weighted by Crippen LogP contribution is -3.00. The van der Waals surface area contributed by atoms with Gasteiger partial charge in [-0.05, 0) is 24.3 Å². The smallest absolute Gasteiger partial charge is 0.177 e. The van der Waals surface area contributed by atoms with E-state index in [0.29, 0.717) is 17.9 Å². The molecule has 1 N–H and O–H groups in total. The molecule has 2 rings (SSSR count). The Hall–Kier alpha value is -1.72. The number of nitrogens with zero attached hydrogens (tertiary/aromatic N) is 1. The molecule has 0 bridgehead atoms. The average molecular weight is 338 g/mol. The van der Waals surface area contributed by atoms with Crippen LogP contribution in [0.15, 0.2) is 54.9 Å². The number of carbonyl (C=O) groups is 1. The highest BCUT2D eigenvalue weighted by Crippen LogP contribution is 2.11. The predicted molar refractivity (Wildman–Crippen MR) is 70.0 cm³/mol. The summed E-state index contributed by atoms with van der Waals surface area (Å²) < 4.78 is 7.35. The standard InChI is InChI=1S/C15H16NO3.BrH/c17-11-13-4-6-15(7-5-13)19-12-14(18)10-16-8-2-1-3-9-16;/h1-9,11,14,18H,10,12H2;1H/q+1;/p-1. The van der Waals surface area contributed by atoms with Gasteiger partial charge in [0.25, 0.3) is 0 Å². The first-order valence-electron chi connectivity index (χ1n) is 6.08. The first kappa shape index (κ1) is 16.3. The van der Waals surface area contributed by atoms with Gasteiger partial charge in [-0.25, -0.2) is 4.57 Å². The number of halogens is 1. The maximum atomic E-state index is 10.5. The minimum Gasteiger partial charge on any atom is -1.00 e. The van der Waals surface area contributed by atoms with E-state index in [1.54, 1.807) is 24.3 Å². The number of ether oxygens (including phenoxy) is 1. The molecule has 0 aliphatic heterocycles. The molecule has 1 atom stereocenters. The largest absolute Gasteiger partial charge is 1.00 e. The fraction of sp³-hybridized carbons (Fsp3) is 0.200. The van der Waals surface area contributed by atoms with Gasteiger partial charge in [0.05, 0.1) is 0 Å². The summed E-state index contributed by atoms with van der Waals surface area (Å²) in [5, 5.41) is 9.86. The first-order chi connectivity index (χ1) is 9.28. The lowest BCUT2D eigenvalue weighted by Gasteiger charge is -2.09. The molecule has 0 spiro atoms. The molecule has 106 valence electrons. The van der Waals surface area contributed by atoms with E-state index in [9.17, 15) is 9.90 Å². The van der Waals surface area contributed by atoms with E-state index in [2.05, 4.69) is 0 Å². The Labute approximate surface area is 128 Å². The minimum atomic E-state index is -0.585. The van der Waals surface area contributed by atoms with Crippen LogP contribution in [0.4, 0.5) is 0 Å². The number of hydrogen-bond donors (Lipinski definition) is 1. The van der Waals surface area contributed by atoms with E-state index < -0.39 is 6.10 Å². The molecule has 4 nitrogen and oxygen atoms in total. The van der Waals surface area contributed by atoms with Crippen LogP contribution in [0.25, 0.3) is 0 Å². The fourth-order valence-corrected chi connectivity index (χ4v) is 1.69. The second kappa shape index (κ2) is 8.45. The summed E-state index contributed by atoms with van der Waals surface area (Å²) in [5.74, 6) is 0.641. The molecular formula is C15H16BrNO3. The predicted octanol–water partition coefficient (Wildman–Crippen LogP) is -1.77. The summed E-state index contributed by atoms with van der Waals surface area (Å²) >= 11 is 0. The van der Waals surface area contributed by atoms with E-state index >= 15 is 0 Å². The van der Waals surface area contributed by atoms with Crippen molar-refractivity contribution in [2.45, 2.75) is 12.6 Å². The molecule has 0 aliphatic rings. The van der Waals surface area contributed by atoms with Crippen molar-refractivity contribution in [3.05, 3.63) is 60.4 Å². The number of aliphatic hydroxyl groups excluding tert-OH is 1. The van der Waals surface area contributed by atoms with Crippen LogP contribution in [0.2, 0.25) is 0 Å². The molecule has 0 saturated carbocycles. The Morgan fingerprint density at radius 2 is 1.80 bits per heavy atom. The number of pyridine rings is 1. The molecule has 0 radical (unpaired) electrons. The van der Waals surface area contributed by atoms with Gasteiger partial charge in [-0.15, -0.1) is 0 Å². The lowest BCUT2D eigenvalue weighted by atomic mass is 10.2. The van der Waals surface area contributed by atoms with Gasteiger partial charge in [0.15, 0.2) is 18.9 Å². The topological polar surface area (TPSA) is 50.4 Å². The molecule has 0 saturated heterocycles. The second-order valence-corrected chi connectivity index (χ2v) is 4.22. The molecule has 0 fully saturated rings. The number of benzene rings is 1. The molecule has 1 heterocycles. The van der Waals surface area contributed by atoms with Gasteiger partial charge >= 0.3 is 0 Å². The van der Waals surface area contributed by atoms with Crippen LogP contribution in [0.3, 0.4) is 0 Å². The van der Waals surface area contributed by atoms with Crippen molar-refractivity contribution in [3.8, 4) is 5.75 Å². The van der Waals surface area contributed by atoms with Gasteiger partial charge in [0.2, 0.25) is 0 Å². The Bertz CT molecular complexity index is 516. The van der Waals surface area contributed by atoms with Crippen molar-refractivity contribution in [2.24, 2.45) is 0 Å². The quantitative estimate of drug-likeness (QED) is 0.501. The van der Waals surface area contributed by atoms with Crippen LogP contribution in [-0.2, 0) is 6.54 Å². The number of hydrogen-bond acceptors (Lipinski definition) is 3. The molecule has 20 heavy (non-hydrogen) atoms. The Balaban J connectivity index is 0.00000200. The van der Waals surface area contributed by atoms with E-state index in [1.165, 1.54) is 0 Å². The van der Waals surface area contributed by atoms with Crippen molar-refractivity contribution in [3.63, 3.8) is 0 Å². The summed E-state index contributed by atoms with van der Waals surface area (Å²) in [5.41, 5.74) is 0.604. The SMILES string of the molecule is O=Cc1ccc(OCC(O)C[n+]2ccccc2)cc1.[Br-]. The van der Waals surface area contributed by atoms with Crippen molar-refractivity contribution < 1.29 is 36.2 Å². The van der Waals surface area contributed by atoms with Gasteiger partial charge < -0.3 is 26.8 Å². The van der Waals surface area contributed by atoms with Crippen molar-refractivity contribution in [1.29, 1.82) is 0 Å². The lowest BCUT2D eigenvalue weighted by molar-refractivity contribution is -0.703. The van der Waals surface area contributed by atoms with E-state index in [-0.39, 0.29) is 23.6 Å². The maximum Gasteiger partial charge on any atom is 0.177 e. The second-order valence-electron chi connectivity index (χ2n) is 4.22. The third kappa shape index (κ3) is 5.11. The minimum absolute atomic E-state index is 0. The molecular weight excluding hydrogens is 322 g/mol. The first-order valence-corrected chi connectivity index (χ1v) is 6.08.